The van der Waals surface area contributed by atoms with E-state index in [1.54, 1.807) is 0 Å². The van der Waals surface area contributed by atoms with Crippen LogP contribution in [0.15, 0.2) is 34.7 Å². The van der Waals surface area contributed by atoms with E-state index in [0.717, 1.165) is 66.8 Å². The highest BCUT2D eigenvalue weighted by molar-refractivity contribution is 6.31. The van der Waals surface area contributed by atoms with Crippen LogP contribution in [0.4, 0.5) is 0 Å². The first-order valence-corrected chi connectivity index (χ1v) is 8.73. The summed E-state index contributed by atoms with van der Waals surface area (Å²) in [4.78, 5) is 0. The third-order valence-corrected chi connectivity index (χ3v) is 4.19. The fourth-order valence-electron chi connectivity index (χ4n) is 2.35. The summed E-state index contributed by atoms with van der Waals surface area (Å²) in [5.41, 5.74) is 2.10. The minimum absolute atomic E-state index is 0.731. The van der Waals surface area contributed by atoms with Crippen LogP contribution in [-0.4, -0.2) is 19.8 Å². The summed E-state index contributed by atoms with van der Waals surface area (Å²) in [6.07, 6.45) is 3.35. The van der Waals surface area contributed by atoms with E-state index < -0.39 is 0 Å². The molecule has 126 valence electrons. The average Bonchev–Trinajstić information content (AvgIpc) is 3.01. The highest BCUT2D eigenvalue weighted by Crippen LogP contribution is 2.29. The van der Waals surface area contributed by atoms with Gasteiger partial charge >= 0.3 is 0 Å². The molecular weight excluding hydrogens is 310 g/mol. The van der Waals surface area contributed by atoms with Gasteiger partial charge in [0.1, 0.15) is 11.5 Å². The van der Waals surface area contributed by atoms with Gasteiger partial charge < -0.3 is 14.5 Å². The Morgan fingerprint density at radius 2 is 1.96 bits per heavy atom. The van der Waals surface area contributed by atoms with Gasteiger partial charge in [0.15, 0.2) is 0 Å². The number of hydrogen-bond donors (Lipinski definition) is 1. The van der Waals surface area contributed by atoms with Crippen molar-refractivity contribution in [2.45, 2.75) is 39.7 Å². The van der Waals surface area contributed by atoms with Gasteiger partial charge in [0.25, 0.3) is 0 Å². The molecule has 1 aromatic carbocycles. The largest absolute Gasteiger partial charge is 0.460 e. The fourth-order valence-corrected chi connectivity index (χ4v) is 2.53. The second kappa shape index (κ2) is 9.76. The summed E-state index contributed by atoms with van der Waals surface area (Å²) in [6, 6.07) is 9.90. The SMILES string of the molecule is CCCCOCCCNCc1ccc(-c2cccc(Cl)c2C)o1. The van der Waals surface area contributed by atoms with Gasteiger partial charge in [-0.1, -0.05) is 37.1 Å². The summed E-state index contributed by atoms with van der Waals surface area (Å²) in [5, 5.41) is 4.15. The van der Waals surface area contributed by atoms with Crippen molar-refractivity contribution in [3.05, 3.63) is 46.7 Å². The number of furan rings is 1. The minimum Gasteiger partial charge on any atom is -0.460 e. The lowest BCUT2D eigenvalue weighted by atomic mass is 10.1. The Labute approximate surface area is 144 Å². The first-order chi connectivity index (χ1) is 11.2. The molecule has 0 fully saturated rings. The third kappa shape index (κ3) is 5.69. The van der Waals surface area contributed by atoms with E-state index in [4.69, 9.17) is 20.8 Å². The predicted octanol–water partition coefficient (Wildman–Crippen LogP) is 5.20. The van der Waals surface area contributed by atoms with Crippen molar-refractivity contribution in [3.63, 3.8) is 0 Å². The zero-order chi connectivity index (χ0) is 16.5. The zero-order valence-corrected chi connectivity index (χ0v) is 14.8. The third-order valence-electron chi connectivity index (χ3n) is 3.78. The van der Waals surface area contributed by atoms with Crippen molar-refractivity contribution in [2.75, 3.05) is 19.8 Å². The smallest absolute Gasteiger partial charge is 0.134 e. The Morgan fingerprint density at radius 1 is 1.13 bits per heavy atom. The molecule has 0 bridgehead atoms. The van der Waals surface area contributed by atoms with E-state index in [-0.39, 0.29) is 0 Å². The summed E-state index contributed by atoms with van der Waals surface area (Å²) in [6.45, 7) is 7.53. The van der Waals surface area contributed by atoms with Crippen LogP contribution in [0.25, 0.3) is 11.3 Å². The van der Waals surface area contributed by atoms with Gasteiger partial charge in [0.2, 0.25) is 0 Å². The van der Waals surface area contributed by atoms with Crippen molar-refractivity contribution in [1.29, 1.82) is 0 Å². The van der Waals surface area contributed by atoms with E-state index >= 15 is 0 Å². The second-order valence-electron chi connectivity index (χ2n) is 5.67. The molecular formula is C19H26ClNO2. The van der Waals surface area contributed by atoms with Crippen molar-refractivity contribution in [1.82, 2.24) is 5.32 Å². The first-order valence-electron chi connectivity index (χ1n) is 8.35. The van der Waals surface area contributed by atoms with Gasteiger partial charge in [0.05, 0.1) is 6.54 Å². The standard InChI is InChI=1S/C19H26ClNO2/c1-3-4-12-22-13-6-11-21-14-16-9-10-19(23-16)17-7-5-8-18(20)15(17)2/h5,7-10,21H,3-4,6,11-14H2,1-2H3. The highest BCUT2D eigenvalue weighted by atomic mass is 35.5. The van der Waals surface area contributed by atoms with Crippen LogP contribution in [-0.2, 0) is 11.3 Å². The van der Waals surface area contributed by atoms with Gasteiger partial charge in [-0.05, 0) is 50.1 Å². The van der Waals surface area contributed by atoms with Crippen molar-refractivity contribution in [2.24, 2.45) is 0 Å². The molecule has 0 saturated carbocycles. The molecule has 1 heterocycles. The monoisotopic (exact) mass is 335 g/mol. The second-order valence-corrected chi connectivity index (χ2v) is 6.08. The molecule has 3 nitrogen and oxygen atoms in total. The Balaban J connectivity index is 1.74. The van der Waals surface area contributed by atoms with E-state index in [9.17, 15) is 0 Å². The van der Waals surface area contributed by atoms with Gasteiger partial charge in [0, 0.05) is 23.8 Å². The molecule has 0 radical (unpaired) electrons. The molecule has 2 aromatic rings. The van der Waals surface area contributed by atoms with Gasteiger partial charge in [-0.3, -0.25) is 0 Å². The zero-order valence-electron chi connectivity index (χ0n) is 14.0. The van der Waals surface area contributed by atoms with Crippen LogP contribution >= 0.6 is 11.6 Å². The molecule has 0 aliphatic heterocycles. The number of rotatable bonds is 10. The normalized spacial score (nSPS) is 11.1. The Bertz CT molecular complexity index is 595. The summed E-state index contributed by atoms with van der Waals surface area (Å²) < 4.78 is 11.4. The minimum atomic E-state index is 0.731. The maximum atomic E-state index is 6.17. The number of unbranched alkanes of at least 4 members (excludes halogenated alkanes) is 1. The van der Waals surface area contributed by atoms with E-state index in [1.165, 1.54) is 6.42 Å². The molecule has 0 unspecified atom stereocenters. The maximum absolute atomic E-state index is 6.17. The van der Waals surface area contributed by atoms with E-state index in [1.807, 2.05) is 37.3 Å². The highest BCUT2D eigenvalue weighted by Gasteiger charge is 2.09. The summed E-state index contributed by atoms with van der Waals surface area (Å²) >= 11 is 6.17. The van der Waals surface area contributed by atoms with E-state index in [0.29, 0.717) is 0 Å². The molecule has 2 rings (SSSR count). The average molecular weight is 336 g/mol. The van der Waals surface area contributed by atoms with Gasteiger partial charge in [-0.15, -0.1) is 0 Å². The molecule has 0 amide bonds. The molecule has 0 atom stereocenters. The lowest BCUT2D eigenvalue weighted by molar-refractivity contribution is 0.128. The topological polar surface area (TPSA) is 34.4 Å². The molecule has 0 saturated heterocycles. The number of benzene rings is 1. The van der Waals surface area contributed by atoms with Crippen LogP contribution in [0, 0.1) is 6.92 Å². The molecule has 4 heteroatoms. The van der Waals surface area contributed by atoms with Gasteiger partial charge in [-0.2, -0.15) is 0 Å². The quantitative estimate of drug-likeness (QED) is 0.605. The molecule has 1 N–H and O–H groups in total. The van der Waals surface area contributed by atoms with Crippen LogP contribution < -0.4 is 5.32 Å². The van der Waals surface area contributed by atoms with Crippen molar-refractivity contribution >= 4 is 11.6 Å². The number of nitrogens with one attached hydrogen (secondary N) is 1. The lowest BCUT2D eigenvalue weighted by Gasteiger charge is -2.05. The number of hydrogen-bond acceptors (Lipinski definition) is 3. The Kier molecular flexibility index (Phi) is 7.66. The lowest BCUT2D eigenvalue weighted by Crippen LogP contribution is -2.16. The van der Waals surface area contributed by atoms with Gasteiger partial charge in [-0.25, -0.2) is 0 Å². The van der Waals surface area contributed by atoms with Crippen LogP contribution in [0.3, 0.4) is 0 Å². The van der Waals surface area contributed by atoms with E-state index in [2.05, 4.69) is 12.2 Å². The van der Waals surface area contributed by atoms with Crippen LogP contribution in [0.1, 0.15) is 37.5 Å². The molecule has 23 heavy (non-hydrogen) atoms. The first kappa shape index (κ1) is 18.1. The number of halogens is 1. The Morgan fingerprint density at radius 3 is 2.78 bits per heavy atom. The maximum Gasteiger partial charge on any atom is 0.134 e. The summed E-state index contributed by atoms with van der Waals surface area (Å²) in [7, 11) is 0. The predicted molar refractivity (Wildman–Crippen MR) is 95.9 cm³/mol. The van der Waals surface area contributed by atoms with Crippen molar-refractivity contribution in [3.8, 4) is 11.3 Å². The van der Waals surface area contributed by atoms with Crippen molar-refractivity contribution < 1.29 is 9.15 Å². The molecule has 0 spiro atoms. The Hall–Kier alpha value is -1.29. The molecule has 0 aliphatic carbocycles. The number of ether oxygens (including phenoxy) is 1. The molecule has 1 aromatic heterocycles. The summed E-state index contributed by atoms with van der Waals surface area (Å²) in [5.74, 6) is 1.80. The van der Waals surface area contributed by atoms with Crippen LogP contribution in [0.2, 0.25) is 5.02 Å². The fraction of sp³-hybridized carbons (Fsp3) is 0.474. The molecule has 0 aliphatic rings. The van der Waals surface area contributed by atoms with Crippen LogP contribution in [0.5, 0.6) is 0 Å².